The van der Waals surface area contributed by atoms with E-state index >= 15 is 0 Å². The summed E-state index contributed by atoms with van der Waals surface area (Å²) in [5.41, 5.74) is 2.88. The molecule has 2 N–H and O–H groups in total. The highest BCUT2D eigenvalue weighted by Gasteiger charge is 2.39. The lowest BCUT2D eigenvalue weighted by Crippen LogP contribution is -2.33. The van der Waals surface area contributed by atoms with Crippen LogP contribution in [0.1, 0.15) is 42.0 Å². The summed E-state index contributed by atoms with van der Waals surface area (Å²) in [5.74, 6) is 0.705. The van der Waals surface area contributed by atoms with E-state index in [1.807, 2.05) is 42.5 Å². The second-order valence-corrected chi connectivity index (χ2v) is 6.70. The highest BCUT2D eigenvalue weighted by molar-refractivity contribution is 5.55. The molecule has 1 heterocycles. The van der Waals surface area contributed by atoms with Crippen molar-refractivity contribution in [2.45, 2.75) is 37.9 Å². The van der Waals surface area contributed by atoms with Crippen LogP contribution in [0.2, 0.25) is 0 Å². The second kappa shape index (κ2) is 6.10. The molecule has 1 unspecified atom stereocenters. The van der Waals surface area contributed by atoms with Crippen molar-refractivity contribution in [1.82, 2.24) is 10.1 Å². The van der Waals surface area contributed by atoms with Gasteiger partial charge in [0.15, 0.2) is 0 Å². The molecular weight excluding hydrogens is 316 g/mol. The lowest BCUT2D eigenvalue weighted by Gasteiger charge is -2.30. The first-order chi connectivity index (χ1) is 12.0. The standard InChI is InChI=1S/C20H20N2O3/c1-13(23)14-6-8-16(9-7-14)18-21-19(25-22-18)20(24)11-10-15-4-2-3-5-17(15)12-20/h2-9,13,23-24H,10-12H2,1H3/t13-,20?/m1/s1. The topological polar surface area (TPSA) is 79.4 Å². The first kappa shape index (κ1) is 16.0. The van der Waals surface area contributed by atoms with Crippen LogP contribution < -0.4 is 0 Å². The summed E-state index contributed by atoms with van der Waals surface area (Å²) in [4.78, 5) is 4.43. The zero-order chi connectivity index (χ0) is 17.4. The Kier molecular flexibility index (Phi) is 3.90. The average Bonchev–Trinajstić information content (AvgIpc) is 3.13. The van der Waals surface area contributed by atoms with E-state index in [-0.39, 0.29) is 5.89 Å². The minimum Gasteiger partial charge on any atom is -0.389 e. The van der Waals surface area contributed by atoms with Crippen molar-refractivity contribution in [3.05, 3.63) is 71.1 Å². The van der Waals surface area contributed by atoms with E-state index in [1.54, 1.807) is 6.92 Å². The average molecular weight is 336 g/mol. The van der Waals surface area contributed by atoms with Crippen LogP contribution in [0, 0.1) is 0 Å². The molecule has 0 spiro atoms. The lowest BCUT2D eigenvalue weighted by molar-refractivity contribution is -0.00860. The van der Waals surface area contributed by atoms with Crippen molar-refractivity contribution in [3.63, 3.8) is 0 Å². The molecule has 25 heavy (non-hydrogen) atoms. The summed E-state index contributed by atoms with van der Waals surface area (Å²) in [7, 11) is 0. The van der Waals surface area contributed by atoms with Gasteiger partial charge in [-0.1, -0.05) is 53.7 Å². The third-order valence-electron chi connectivity index (χ3n) is 4.88. The molecule has 0 radical (unpaired) electrons. The smallest absolute Gasteiger partial charge is 0.259 e. The number of aliphatic hydroxyl groups is 2. The summed E-state index contributed by atoms with van der Waals surface area (Å²) < 4.78 is 5.39. The Morgan fingerprint density at radius 2 is 1.80 bits per heavy atom. The van der Waals surface area contributed by atoms with E-state index in [0.29, 0.717) is 18.7 Å². The van der Waals surface area contributed by atoms with Gasteiger partial charge in [-0.3, -0.25) is 0 Å². The Bertz CT molecular complexity index is 886. The van der Waals surface area contributed by atoms with E-state index < -0.39 is 11.7 Å². The molecule has 1 aliphatic rings. The zero-order valence-corrected chi connectivity index (χ0v) is 14.0. The third-order valence-corrected chi connectivity index (χ3v) is 4.88. The number of rotatable bonds is 3. The quantitative estimate of drug-likeness (QED) is 0.768. The predicted molar refractivity (Wildman–Crippen MR) is 92.7 cm³/mol. The molecule has 0 aliphatic heterocycles. The summed E-state index contributed by atoms with van der Waals surface area (Å²) in [5, 5.41) is 24.7. The molecule has 5 nitrogen and oxygen atoms in total. The van der Waals surface area contributed by atoms with Gasteiger partial charge >= 0.3 is 0 Å². The molecule has 0 fully saturated rings. The molecule has 5 heteroatoms. The first-order valence-corrected chi connectivity index (χ1v) is 8.47. The maximum Gasteiger partial charge on any atom is 0.259 e. The van der Waals surface area contributed by atoms with Crippen LogP contribution in [-0.4, -0.2) is 20.4 Å². The van der Waals surface area contributed by atoms with Crippen molar-refractivity contribution < 1.29 is 14.7 Å². The number of hydrogen-bond donors (Lipinski definition) is 2. The summed E-state index contributed by atoms with van der Waals surface area (Å²) >= 11 is 0. The van der Waals surface area contributed by atoms with Gasteiger partial charge in [0.1, 0.15) is 5.60 Å². The molecule has 2 atom stereocenters. The minimum atomic E-state index is -1.13. The first-order valence-electron chi connectivity index (χ1n) is 8.47. The molecule has 1 aromatic heterocycles. The monoisotopic (exact) mass is 336 g/mol. The van der Waals surface area contributed by atoms with E-state index in [1.165, 1.54) is 5.56 Å². The normalized spacial score (nSPS) is 20.9. The minimum absolute atomic E-state index is 0.261. The van der Waals surface area contributed by atoms with Gasteiger partial charge in [-0.25, -0.2) is 0 Å². The number of aromatic nitrogens is 2. The fraction of sp³-hybridized carbons (Fsp3) is 0.300. The summed E-state index contributed by atoms with van der Waals surface area (Å²) in [6.07, 6.45) is 1.31. The summed E-state index contributed by atoms with van der Waals surface area (Å²) in [6, 6.07) is 15.5. The van der Waals surface area contributed by atoms with Crippen molar-refractivity contribution in [1.29, 1.82) is 0 Å². The molecule has 0 saturated carbocycles. The van der Waals surface area contributed by atoms with Gasteiger partial charge in [-0.2, -0.15) is 4.98 Å². The Hall–Kier alpha value is -2.50. The van der Waals surface area contributed by atoms with E-state index in [9.17, 15) is 10.2 Å². The number of aliphatic hydroxyl groups excluding tert-OH is 1. The molecule has 1 aliphatic carbocycles. The fourth-order valence-corrected chi connectivity index (χ4v) is 3.34. The molecule has 128 valence electrons. The van der Waals surface area contributed by atoms with Gasteiger partial charge in [-0.05, 0) is 36.5 Å². The molecule has 3 aromatic rings. The van der Waals surface area contributed by atoms with Crippen LogP contribution >= 0.6 is 0 Å². The van der Waals surface area contributed by atoms with Crippen LogP contribution in [0.3, 0.4) is 0 Å². The Morgan fingerprint density at radius 3 is 2.52 bits per heavy atom. The van der Waals surface area contributed by atoms with Gasteiger partial charge in [0.25, 0.3) is 5.89 Å². The number of nitrogens with zero attached hydrogens (tertiary/aromatic N) is 2. The van der Waals surface area contributed by atoms with Crippen molar-refractivity contribution >= 4 is 0 Å². The maximum atomic E-state index is 11.0. The van der Waals surface area contributed by atoms with Gasteiger partial charge in [0, 0.05) is 12.0 Å². The SMILES string of the molecule is C[C@@H](O)c1ccc(-c2noc(C3(O)CCc4ccccc4C3)n2)cc1. The largest absolute Gasteiger partial charge is 0.389 e. The van der Waals surface area contributed by atoms with Crippen LogP contribution in [0.4, 0.5) is 0 Å². The molecule has 4 rings (SSSR count). The zero-order valence-electron chi connectivity index (χ0n) is 14.0. The van der Waals surface area contributed by atoms with Crippen molar-refractivity contribution in [3.8, 4) is 11.4 Å². The van der Waals surface area contributed by atoms with Crippen molar-refractivity contribution in [2.75, 3.05) is 0 Å². The fourth-order valence-electron chi connectivity index (χ4n) is 3.34. The Morgan fingerprint density at radius 1 is 1.08 bits per heavy atom. The van der Waals surface area contributed by atoms with Gasteiger partial charge in [0.05, 0.1) is 6.10 Å². The maximum absolute atomic E-state index is 11.0. The predicted octanol–water partition coefficient (Wildman–Crippen LogP) is 3.17. The highest BCUT2D eigenvalue weighted by atomic mass is 16.5. The second-order valence-electron chi connectivity index (χ2n) is 6.70. The Labute approximate surface area is 146 Å². The van der Waals surface area contributed by atoms with Gasteiger partial charge < -0.3 is 14.7 Å². The van der Waals surface area contributed by atoms with Crippen LogP contribution in [0.15, 0.2) is 53.1 Å². The van der Waals surface area contributed by atoms with Gasteiger partial charge in [-0.15, -0.1) is 0 Å². The van der Waals surface area contributed by atoms with E-state index in [4.69, 9.17) is 4.52 Å². The number of fused-ring (bicyclic) bond motifs is 1. The molecular formula is C20H20N2O3. The van der Waals surface area contributed by atoms with Crippen LogP contribution in [0.5, 0.6) is 0 Å². The van der Waals surface area contributed by atoms with E-state index in [2.05, 4.69) is 16.2 Å². The number of aryl methyl sites for hydroxylation is 1. The lowest BCUT2D eigenvalue weighted by atomic mass is 9.80. The van der Waals surface area contributed by atoms with Gasteiger partial charge in [0.2, 0.25) is 5.82 Å². The Balaban J connectivity index is 1.61. The number of benzene rings is 2. The highest BCUT2D eigenvalue weighted by Crippen LogP contribution is 2.36. The van der Waals surface area contributed by atoms with Crippen LogP contribution in [-0.2, 0) is 18.4 Å². The summed E-state index contributed by atoms with van der Waals surface area (Å²) in [6.45, 7) is 1.72. The van der Waals surface area contributed by atoms with E-state index in [0.717, 1.165) is 23.1 Å². The number of hydrogen-bond acceptors (Lipinski definition) is 5. The molecule has 0 amide bonds. The van der Waals surface area contributed by atoms with Crippen LogP contribution in [0.25, 0.3) is 11.4 Å². The molecule has 0 bridgehead atoms. The molecule has 0 saturated heterocycles. The van der Waals surface area contributed by atoms with Crippen molar-refractivity contribution in [2.24, 2.45) is 0 Å². The molecule has 2 aromatic carbocycles. The third kappa shape index (κ3) is 2.97.